The fourth-order valence-electron chi connectivity index (χ4n) is 1.00. The van der Waals surface area contributed by atoms with Crippen molar-refractivity contribution in [2.45, 2.75) is 12.3 Å². The Bertz CT molecular complexity index is 424. The Morgan fingerprint density at radius 1 is 1.73 bits per heavy atom. The molecule has 0 saturated heterocycles. The Kier molecular flexibility index (Phi) is 3.04. The molecule has 6 heteroatoms. The number of carboxylic acids is 1. The minimum absolute atomic E-state index is 0.0369. The average molecular weight is 232 g/mol. The number of carbonyl (C=O) groups excluding carboxylic acids is 1. The summed E-state index contributed by atoms with van der Waals surface area (Å²) in [4.78, 5) is 25.0. The molecule has 1 atom stereocenters. The molecule has 0 amide bonds. The van der Waals surface area contributed by atoms with Crippen molar-refractivity contribution in [3.63, 3.8) is 0 Å². The average Bonchev–Trinajstić information content (AvgIpc) is 2.16. The van der Waals surface area contributed by atoms with E-state index in [1.165, 1.54) is 0 Å². The number of halogens is 2. The number of hydrogen-bond donors (Lipinski definition) is 1. The number of carbonyl (C=O) groups is 2. The maximum absolute atomic E-state index is 13.3. The molecule has 0 spiro atoms. The normalized spacial score (nSPS) is 14.3. The largest absolute Gasteiger partial charge is 0.480 e. The second-order valence-corrected chi connectivity index (χ2v) is 3.55. The molecule has 80 valence electrons. The minimum atomic E-state index is -1.99. The quantitative estimate of drug-likeness (QED) is 0.631. The molecule has 1 unspecified atom stereocenters. The lowest BCUT2D eigenvalue weighted by atomic mass is 9.88. The Hall–Kier alpha value is -1.49. The molecule has 0 aromatic carbocycles. The van der Waals surface area contributed by atoms with Crippen LogP contribution in [0.25, 0.3) is 0 Å². The summed E-state index contributed by atoms with van der Waals surface area (Å²) in [6.45, 7) is 1.07. The van der Waals surface area contributed by atoms with Gasteiger partial charge in [-0.1, -0.05) is 11.6 Å². The molecule has 1 rings (SSSR count). The lowest BCUT2D eigenvalue weighted by Crippen LogP contribution is -2.36. The van der Waals surface area contributed by atoms with Gasteiger partial charge in [0.2, 0.25) is 0 Å². The van der Waals surface area contributed by atoms with Gasteiger partial charge in [-0.25, -0.2) is 4.39 Å². The molecular weight excluding hydrogens is 225 g/mol. The topological polar surface area (TPSA) is 67.3 Å². The molecule has 1 N–H and O–H groups in total. The highest BCUT2D eigenvalue weighted by atomic mass is 35.5. The Balaban J connectivity index is 3.37. The molecule has 0 aliphatic heterocycles. The zero-order chi connectivity index (χ0) is 11.6. The van der Waals surface area contributed by atoms with Crippen molar-refractivity contribution in [2.24, 2.45) is 0 Å². The molecular formula is C9H7ClFNO3. The molecule has 1 aromatic heterocycles. The summed E-state index contributed by atoms with van der Waals surface area (Å²) in [7, 11) is 0. The summed E-state index contributed by atoms with van der Waals surface area (Å²) in [5.74, 6) is -2.38. The summed E-state index contributed by atoms with van der Waals surface area (Å²) >= 11 is 5.45. The Labute approximate surface area is 89.7 Å². The van der Waals surface area contributed by atoms with Gasteiger partial charge in [-0.15, -0.1) is 0 Å². The SMILES string of the molecule is CC(C=O)(C(=O)O)c1ncc(Cl)cc1F. The predicted octanol–water partition coefficient (Wildman–Crippen LogP) is 1.42. The number of aliphatic carboxylic acids is 1. The van der Waals surface area contributed by atoms with E-state index in [2.05, 4.69) is 4.98 Å². The first-order valence-electron chi connectivity index (χ1n) is 3.93. The van der Waals surface area contributed by atoms with Crippen molar-refractivity contribution in [1.29, 1.82) is 0 Å². The van der Waals surface area contributed by atoms with E-state index in [1.54, 1.807) is 0 Å². The zero-order valence-corrected chi connectivity index (χ0v) is 8.45. The first kappa shape index (κ1) is 11.6. The monoisotopic (exact) mass is 231 g/mol. The van der Waals surface area contributed by atoms with Crippen molar-refractivity contribution in [1.82, 2.24) is 4.98 Å². The van der Waals surface area contributed by atoms with Crippen LogP contribution in [0.3, 0.4) is 0 Å². The molecule has 1 aromatic rings. The number of pyridine rings is 1. The van der Waals surface area contributed by atoms with Gasteiger partial charge >= 0.3 is 5.97 Å². The second-order valence-electron chi connectivity index (χ2n) is 3.11. The van der Waals surface area contributed by atoms with E-state index in [-0.39, 0.29) is 11.3 Å². The standard InChI is InChI=1S/C9H7ClFNO3/c1-9(4-13,8(14)15)7-6(11)2-5(10)3-12-7/h2-4H,1H3,(H,14,15). The summed E-state index contributed by atoms with van der Waals surface area (Å²) < 4.78 is 13.3. The maximum atomic E-state index is 13.3. The highest BCUT2D eigenvalue weighted by molar-refractivity contribution is 6.30. The van der Waals surface area contributed by atoms with Crippen LogP contribution in [0.2, 0.25) is 5.02 Å². The van der Waals surface area contributed by atoms with Crippen LogP contribution in [-0.4, -0.2) is 22.3 Å². The third-order valence-corrected chi connectivity index (χ3v) is 2.19. The number of aromatic nitrogens is 1. The van der Waals surface area contributed by atoms with Gasteiger partial charge in [-0.3, -0.25) is 9.78 Å². The van der Waals surface area contributed by atoms with Crippen LogP contribution in [0.15, 0.2) is 12.3 Å². The second kappa shape index (κ2) is 3.94. The van der Waals surface area contributed by atoms with Crippen LogP contribution >= 0.6 is 11.6 Å². The van der Waals surface area contributed by atoms with Crippen molar-refractivity contribution in [2.75, 3.05) is 0 Å². The lowest BCUT2D eigenvalue weighted by molar-refractivity contribution is -0.145. The molecule has 1 heterocycles. The third kappa shape index (κ3) is 1.97. The van der Waals surface area contributed by atoms with Crippen molar-refractivity contribution < 1.29 is 19.1 Å². The Morgan fingerprint density at radius 3 is 2.73 bits per heavy atom. The van der Waals surface area contributed by atoms with Gasteiger partial charge in [0, 0.05) is 6.20 Å². The molecule has 0 fully saturated rings. The highest BCUT2D eigenvalue weighted by Gasteiger charge is 2.39. The number of hydrogen-bond acceptors (Lipinski definition) is 3. The van der Waals surface area contributed by atoms with E-state index in [9.17, 15) is 14.0 Å². The van der Waals surface area contributed by atoms with Crippen LogP contribution in [0, 0.1) is 5.82 Å². The van der Waals surface area contributed by atoms with Gasteiger partial charge in [0.05, 0.1) is 5.02 Å². The van der Waals surface area contributed by atoms with Gasteiger partial charge in [0.15, 0.2) is 5.41 Å². The Morgan fingerprint density at radius 2 is 2.33 bits per heavy atom. The van der Waals surface area contributed by atoms with Crippen LogP contribution in [0.4, 0.5) is 4.39 Å². The molecule has 0 aliphatic carbocycles. The van der Waals surface area contributed by atoms with E-state index < -0.39 is 22.9 Å². The molecule has 15 heavy (non-hydrogen) atoms. The van der Waals surface area contributed by atoms with Crippen molar-refractivity contribution >= 4 is 23.9 Å². The third-order valence-electron chi connectivity index (χ3n) is 1.98. The number of nitrogens with zero attached hydrogens (tertiary/aromatic N) is 1. The lowest BCUT2D eigenvalue weighted by Gasteiger charge is -2.17. The van der Waals surface area contributed by atoms with Gasteiger partial charge in [-0.2, -0.15) is 0 Å². The first-order valence-corrected chi connectivity index (χ1v) is 4.31. The minimum Gasteiger partial charge on any atom is -0.480 e. The van der Waals surface area contributed by atoms with E-state index in [0.29, 0.717) is 0 Å². The summed E-state index contributed by atoms with van der Waals surface area (Å²) in [6, 6.07) is 0.911. The van der Waals surface area contributed by atoms with Gasteiger partial charge < -0.3 is 9.90 Å². The van der Waals surface area contributed by atoms with Crippen LogP contribution < -0.4 is 0 Å². The molecule has 4 nitrogen and oxygen atoms in total. The van der Waals surface area contributed by atoms with Crippen LogP contribution in [-0.2, 0) is 15.0 Å². The van der Waals surface area contributed by atoms with E-state index in [1.807, 2.05) is 0 Å². The molecule has 0 radical (unpaired) electrons. The van der Waals surface area contributed by atoms with Crippen LogP contribution in [0.1, 0.15) is 12.6 Å². The highest BCUT2D eigenvalue weighted by Crippen LogP contribution is 2.24. The van der Waals surface area contributed by atoms with E-state index in [0.717, 1.165) is 19.2 Å². The molecule has 0 aliphatic rings. The summed E-state index contributed by atoms with van der Waals surface area (Å²) in [6.07, 6.45) is 1.22. The van der Waals surface area contributed by atoms with Gasteiger partial charge in [0.25, 0.3) is 0 Å². The van der Waals surface area contributed by atoms with Gasteiger partial charge in [-0.05, 0) is 13.0 Å². The summed E-state index contributed by atoms with van der Waals surface area (Å²) in [5, 5.41) is 8.85. The fourth-order valence-corrected chi connectivity index (χ4v) is 1.15. The van der Waals surface area contributed by atoms with E-state index in [4.69, 9.17) is 16.7 Å². The molecule has 0 saturated carbocycles. The van der Waals surface area contributed by atoms with Crippen molar-refractivity contribution in [3.8, 4) is 0 Å². The van der Waals surface area contributed by atoms with Crippen molar-refractivity contribution in [3.05, 3.63) is 28.8 Å². The predicted molar refractivity (Wildman–Crippen MR) is 50.3 cm³/mol. The smallest absolute Gasteiger partial charge is 0.322 e. The number of rotatable bonds is 3. The first-order chi connectivity index (χ1) is 6.91. The van der Waals surface area contributed by atoms with Crippen LogP contribution in [0.5, 0.6) is 0 Å². The zero-order valence-electron chi connectivity index (χ0n) is 7.70. The number of aldehydes is 1. The van der Waals surface area contributed by atoms with E-state index >= 15 is 0 Å². The molecule has 0 bridgehead atoms. The van der Waals surface area contributed by atoms with Gasteiger partial charge in [0.1, 0.15) is 17.8 Å². The number of carboxylic acid groups (broad SMARTS) is 1. The maximum Gasteiger partial charge on any atom is 0.322 e. The fraction of sp³-hybridized carbons (Fsp3) is 0.222. The summed E-state index contributed by atoms with van der Waals surface area (Å²) in [5.41, 5.74) is -2.44.